The molecule has 1 N–H and O–H groups in total. The van der Waals surface area contributed by atoms with E-state index in [2.05, 4.69) is 5.32 Å². The van der Waals surface area contributed by atoms with Crippen LogP contribution in [-0.2, 0) is 9.59 Å². The second-order valence-corrected chi connectivity index (χ2v) is 4.63. The number of para-hydroxylation sites is 1. The van der Waals surface area contributed by atoms with Gasteiger partial charge < -0.3 is 15.0 Å². The Bertz CT molecular complexity index is 434. The SMILES string of the molecule is CCNC(=O)CN(CC)C(=O)CCCOc1ccccc1. The van der Waals surface area contributed by atoms with Crippen LogP contribution in [0.25, 0.3) is 0 Å². The Morgan fingerprint density at radius 1 is 1.19 bits per heavy atom. The first-order valence-electron chi connectivity index (χ1n) is 7.39. The van der Waals surface area contributed by atoms with E-state index in [1.54, 1.807) is 4.90 Å². The zero-order valence-electron chi connectivity index (χ0n) is 12.8. The average Bonchev–Trinajstić information content (AvgIpc) is 2.50. The lowest BCUT2D eigenvalue weighted by atomic mass is 10.2. The van der Waals surface area contributed by atoms with Crippen LogP contribution in [0.1, 0.15) is 26.7 Å². The molecule has 21 heavy (non-hydrogen) atoms. The molecule has 0 aliphatic carbocycles. The van der Waals surface area contributed by atoms with Crippen molar-refractivity contribution in [3.63, 3.8) is 0 Å². The van der Waals surface area contributed by atoms with Crippen LogP contribution in [0.15, 0.2) is 30.3 Å². The minimum absolute atomic E-state index is 0.0135. The first-order valence-corrected chi connectivity index (χ1v) is 7.39. The van der Waals surface area contributed by atoms with Gasteiger partial charge in [0.1, 0.15) is 5.75 Å². The number of benzene rings is 1. The van der Waals surface area contributed by atoms with E-state index in [1.165, 1.54) is 0 Å². The van der Waals surface area contributed by atoms with Crippen molar-refractivity contribution in [1.82, 2.24) is 10.2 Å². The molecule has 0 aliphatic heterocycles. The van der Waals surface area contributed by atoms with Gasteiger partial charge in [0.15, 0.2) is 0 Å². The Labute approximate surface area is 126 Å². The highest BCUT2D eigenvalue weighted by molar-refractivity contribution is 5.84. The second kappa shape index (κ2) is 9.80. The van der Waals surface area contributed by atoms with E-state index in [-0.39, 0.29) is 18.4 Å². The van der Waals surface area contributed by atoms with Gasteiger partial charge in [-0.3, -0.25) is 9.59 Å². The van der Waals surface area contributed by atoms with Crippen LogP contribution in [0.2, 0.25) is 0 Å². The summed E-state index contributed by atoms with van der Waals surface area (Å²) in [4.78, 5) is 25.1. The Hall–Kier alpha value is -2.04. The van der Waals surface area contributed by atoms with E-state index in [0.717, 1.165) is 5.75 Å². The number of rotatable bonds is 9. The molecule has 0 aliphatic rings. The third-order valence-corrected chi connectivity index (χ3v) is 2.99. The van der Waals surface area contributed by atoms with Crippen LogP contribution >= 0.6 is 0 Å². The highest BCUT2D eigenvalue weighted by atomic mass is 16.5. The maximum atomic E-state index is 12.0. The summed E-state index contributed by atoms with van der Waals surface area (Å²) in [6, 6.07) is 9.51. The van der Waals surface area contributed by atoms with Gasteiger partial charge in [0.25, 0.3) is 0 Å². The van der Waals surface area contributed by atoms with Crippen molar-refractivity contribution in [3.05, 3.63) is 30.3 Å². The van der Waals surface area contributed by atoms with Crippen LogP contribution in [0.5, 0.6) is 5.75 Å². The van der Waals surface area contributed by atoms with Crippen molar-refractivity contribution >= 4 is 11.8 Å². The summed E-state index contributed by atoms with van der Waals surface area (Å²) in [7, 11) is 0. The van der Waals surface area contributed by atoms with Gasteiger partial charge >= 0.3 is 0 Å². The zero-order chi connectivity index (χ0) is 15.5. The molecule has 0 atom stereocenters. The summed E-state index contributed by atoms with van der Waals surface area (Å²) in [5.74, 6) is 0.674. The van der Waals surface area contributed by atoms with Crippen molar-refractivity contribution in [2.24, 2.45) is 0 Å². The predicted molar refractivity (Wildman–Crippen MR) is 82.1 cm³/mol. The van der Waals surface area contributed by atoms with E-state index < -0.39 is 0 Å². The molecule has 5 nitrogen and oxygen atoms in total. The summed E-state index contributed by atoms with van der Waals surface area (Å²) < 4.78 is 5.54. The highest BCUT2D eigenvalue weighted by Crippen LogP contribution is 2.09. The lowest BCUT2D eigenvalue weighted by molar-refractivity contribution is -0.136. The lowest BCUT2D eigenvalue weighted by Gasteiger charge is -2.20. The first kappa shape index (κ1) is 17.0. The minimum Gasteiger partial charge on any atom is -0.494 e. The normalized spacial score (nSPS) is 10.0. The Morgan fingerprint density at radius 2 is 1.90 bits per heavy atom. The maximum absolute atomic E-state index is 12.0. The summed E-state index contributed by atoms with van der Waals surface area (Å²) in [6.45, 7) is 5.47. The molecule has 0 heterocycles. The van der Waals surface area contributed by atoms with Gasteiger partial charge in [-0.15, -0.1) is 0 Å². The molecule has 0 unspecified atom stereocenters. The molecule has 5 heteroatoms. The molecule has 0 fully saturated rings. The van der Waals surface area contributed by atoms with Crippen LogP contribution < -0.4 is 10.1 Å². The molecule has 0 saturated heterocycles. The largest absolute Gasteiger partial charge is 0.494 e. The predicted octanol–water partition coefficient (Wildman–Crippen LogP) is 1.83. The van der Waals surface area contributed by atoms with E-state index in [4.69, 9.17) is 4.74 Å². The molecule has 1 aromatic carbocycles. The summed E-state index contributed by atoms with van der Waals surface area (Å²) in [5, 5.41) is 2.70. The fourth-order valence-corrected chi connectivity index (χ4v) is 1.89. The van der Waals surface area contributed by atoms with Crippen molar-refractivity contribution in [2.75, 3.05) is 26.2 Å². The number of carbonyl (C=O) groups excluding carboxylic acids is 2. The molecule has 116 valence electrons. The quantitative estimate of drug-likeness (QED) is 0.706. The molecule has 0 radical (unpaired) electrons. The number of ether oxygens (including phenoxy) is 1. The third kappa shape index (κ3) is 6.79. The van der Waals surface area contributed by atoms with Gasteiger partial charge in [-0.05, 0) is 32.4 Å². The summed E-state index contributed by atoms with van der Waals surface area (Å²) >= 11 is 0. The lowest BCUT2D eigenvalue weighted by Crippen LogP contribution is -2.40. The standard InChI is InChI=1S/C16H24N2O3/c1-3-17-15(19)13-18(4-2)16(20)11-8-12-21-14-9-6-5-7-10-14/h5-7,9-10H,3-4,8,11-13H2,1-2H3,(H,17,19). The van der Waals surface area contributed by atoms with Gasteiger partial charge in [-0.1, -0.05) is 18.2 Å². The topological polar surface area (TPSA) is 58.6 Å². The van der Waals surface area contributed by atoms with E-state index >= 15 is 0 Å². The smallest absolute Gasteiger partial charge is 0.239 e. The van der Waals surface area contributed by atoms with Crippen molar-refractivity contribution in [1.29, 1.82) is 0 Å². The fraction of sp³-hybridized carbons (Fsp3) is 0.500. The number of amides is 2. The van der Waals surface area contributed by atoms with Crippen molar-refractivity contribution in [2.45, 2.75) is 26.7 Å². The van der Waals surface area contributed by atoms with E-state index in [9.17, 15) is 9.59 Å². The maximum Gasteiger partial charge on any atom is 0.239 e. The number of nitrogens with zero attached hydrogens (tertiary/aromatic N) is 1. The molecule has 0 bridgehead atoms. The zero-order valence-corrected chi connectivity index (χ0v) is 12.8. The number of nitrogens with one attached hydrogen (secondary N) is 1. The Balaban J connectivity index is 2.26. The molecule has 0 saturated carbocycles. The second-order valence-electron chi connectivity index (χ2n) is 4.63. The van der Waals surface area contributed by atoms with Crippen LogP contribution in [0.4, 0.5) is 0 Å². The van der Waals surface area contributed by atoms with Gasteiger partial charge in [0.05, 0.1) is 13.2 Å². The molecule has 1 rings (SSSR count). The molecule has 1 aromatic rings. The average molecular weight is 292 g/mol. The molecular weight excluding hydrogens is 268 g/mol. The number of hydrogen-bond donors (Lipinski definition) is 1. The Morgan fingerprint density at radius 3 is 2.52 bits per heavy atom. The van der Waals surface area contributed by atoms with Crippen LogP contribution in [0, 0.1) is 0 Å². The van der Waals surface area contributed by atoms with E-state index in [0.29, 0.717) is 32.5 Å². The van der Waals surface area contributed by atoms with E-state index in [1.807, 2.05) is 44.2 Å². The van der Waals surface area contributed by atoms with Gasteiger partial charge in [-0.25, -0.2) is 0 Å². The molecule has 0 aromatic heterocycles. The first-order chi connectivity index (χ1) is 10.2. The third-order valence-electron chi connectivity index (χ3n) is 2.99. The Kier molecular flexibility index (Phi) is 7.94. The van der Waals surface area contributed by atoms with Gasteiger partial charge in [-0.2, -0.15) is 0 Å². The number of likely N-dealkylation sites (N-methyl/N-ethyl adjacent to an activating group) is 2. The van der Waals surface area contributed by atoms with Crippen molar-refractivity contribution < 1.29 is 14.3 Å². The van der Waals surface area contributed by atoms with Crippen LogP contribution in [0.3, 0.4) is 0 Å². The monoisotopic (exact) mass is 292 g/mol. The molecular formula is C16H24N2O3. The summed E-state index contributed by atoms with van der Waals surface area (Å²) in [5.41, 5.74) is 0. The van der Waals surface area contributed by atoms with Crippen LogP contribution in [-0.4, -0.2) is 43.0 Å². The molecule has 2 amide bonds. The van der Waals surface area contributed by atoms with Gasteiger partial charge in [0.2, 0.25) is 11.8 Å². The summed E-state index contributed by atoms with van der Waals surface area (Å²) in [6.07, 6.45) is 1.03. The van der Waals surface area contributed by atoms with Crippen molar-refractivity contribution in [3.8, 4) is 5.75 Å². The molecule has 0 spiro atoms. The number of carbonyl (C=O) groups is 2. The number of hydrogen-bond acceptors (Lipinski definition) is 3. The van der Waals surface area contributed by atoms with Gasteiger partial charge in [0, 0.05) is 19.5 Å². The highest BCUT2D eigenvalue weighted by Gasteiger charge is 2.14. The fourth-order valence-electron chi connectivity index (χ4n) is 1.89. The minimum atomic E-state index is -0.117.